The first kappa shape index (κ1) is 17.9. The number of nitrogens with one attached hydrogen (secondary N) is 1. The van der Waals surface area contributed by atoms with E-state index in [-0.39, 0.29) is 11.4 Å². The smallest absolute Gasteiger partial charge is 0.337 e. The number of halogens is 1. The van der Waals surface area contributed by atoms with E-state index in [1.165, 1.54) is 24.4 Å². The monoisotopic (exact) mass is 402 g/mol. The Morgan fingerprint density at radius 2 is 2.00 bits per heavy atom. The highest BCUT2D eigenvalue weighted by molar-refractivity contribution is 6.03. The van der Waals surface area contributed by atoms with Crippen LogP contribution in [-0.2, 0) is 7.05 Å². The molecular weight excluding hydrogens is 387 g/mol. The van der Waals surface area contributed by atoms with Gasteiger partial charge in [-0.05, 0) is 30.3 Å². The van der Waals surface area contributed by atoms with Gasteiger partial charge in [0.2, 0.25) is 0 Å². The van der Waals surface area contributed by atoms with Crippen LogP contribution >= 0.6 is 0 Å². The molecule has 0 bridgehead atoms. The van der Waals surface area contributed by atoms with Crippen molar-refractivity contribution in [2.24, 2.45) is 7.05 Å². The van der Waals surface area contributed by atoms with Gasteiger partial charge in [-0.15, -0.1) is 0 Å². The number of H-pyrrole nitrogens is 1. The summed E-state index contributed by atoms with van der Waals surface area (Å²) in [7, 11) is 1.79. The summed E-state index contributed by atoms with van der Waals surface area (Å²) in [4.78, 5) is 18.9. The van der Waals surface area contributed by atoms with E-state index in [0.717, 1.165) is 11.1 Å². The molecule has 30 heavy (non-hydrogen) atoms. The van der Waals surface area contributed by atoms with Gasteiger partial charge in [-0.3, -0.25) is 9.67 Å². The zero-order valence-electron chi connectivity index (χ0n) is 15.8. The average Bonchev–Trinajstić information content (AvgIpc) is 3.28. The van der Waals surface area contributed by atoms with E-state index in [0.29, 0.717) is 33.7 Å². The molecule has 0 fully saturated rings. The van der Waals surface area contributed by atoms with E-state index in [9.17, 15) is 14.3 Å². The standard InChI is InChI=1S/C22H15FN4O3/c1-27-21(17-11-16-19(25-17)15(22(28)29)8-9-24-16)14-6-3-7-18(20(14)26-27)30-13-5-2-4-12(23)10-13/h2-11,25H,1H3,(H,28,29). The Morgan fingerprint density at radius 3 is 2.80 bits per heavy atom. The fraction of sp³-hybridized carbons (Fsp3) is 0.0455. The van der Waals surface area contributed by atoms with Crippen molar-refractivity contribution in [1.29, 1.82) is 0 Å². The molecule has 8 heteroatoms. The van der Waals surface area contributed by atoms with Crippen molar-refractivity contribution in [3.05, 3.63) is 72.2 Å². The Balaban J connectivity index is 1.66. The summed E-state index contributed by atoms with van der Waals surface area (Å²) >= 11 is 0. The van der Waals surface area contributed by atoms with E-state index >= 15 is 0 Å². The molecule has 5 aromatic rings. The van der Waals surface area contributed by atoms with Gasteiger partial charge in [0, 0.05) is 24.7 Å². The molecule has 0 saturated heterocycles. The quantitative estimate of drug-likeness (QED) is 0.453. The first-order valence-electron chi connectivity index (χ1n) is 9.12. The SMILES string of the molecule is Cn1nc2c(Oc3cccc(F)c3)cccc2c1-c1cc2nccc(C(=O)O)c2[nH]1. The maximum Gasteiger partial charge on any atom is 0.337 e. The molecule has 2 aromatic carbocycles. The molecule has 0 aliphatic rings. The average molecular weight is 402 g/mol. The molecule has 0 spiro atoms. The number of ether oxygens (including phenoxy) is 1. The Hall–Kier alpha value is -4.20. The summed E-state index contributed by atoms with van der Waals surface area (Å²) in [5.74, 6) is -0.561. The summed E-state index contributed by atoms with van der Waals surface area (Å²) in [6, 6.07) is 14.6. The van der Waals surface area contributed by atoms with Crippen LogP contribution in [0.2, 0.25) is 0 Å². The molecule has 0 atom stereocenters. The van der Waals surface area contributed by atoms with Crippen molar-refractivity contribution in [3.8, 4) is 22.9 Å². The number of aromatic carboxylic acids is 1. The largest absolute Gasteiger partial charge is 0.478 e. The summed E-state index contributed by atoms with van der Waals surface area (Å²) in [6.07, 6.45) is 1.47. The molecule has 0 aliphatic carbocycles. The number of carbonyl (C=O) groups is 1. The van der Waals surface area contributed by atoms with E-state index in [2.05, 4.69) is 15.1 Å². The van der Waals surface area contributed by atoms with Crippen LogP contribution in [0.4, 0.5) is 4.39 Å². The van der Waals surface area contributed by atoms with Crippen molar-refractivity contribution in [2.75, 3.05) is 0 Å². The van der Waals surface area contributed by atoms with Crippen LogP contribution in [0.3, 0.4) is 0 Å². The summed E-state index contributed by atoms with van der Waals surface area (Å²) in [5.41, 5.74) is 3.17. The molecule has 0 amide bonds. The van der Waals surface area contributed by atoms with Crippen molar-refractivity contribution >= 4 is 27.9 Å². The zero-order chi connectivity index (χ0) is 20.8. The third kappa shape index (κ3) is 2.86. The minimum Gasteiger partial charge on any atom is -0.478 e. The van der Waals surface area contributed by atoms with Crippen LogP contribution in [0.15, 0.2) is 60.8 Å². The molecule has 0 radical (unpaired) electrons. The van der Waals surface area contributed by atoms with Gasteiger partial charge in [-0.1, -0.05) is 18.2 Å². The molecular formula is C22H15FN4O3. The van der Waals surface area contributed by atoms with Crippen molar-refractivity contribution in [3.63, 3.8) is 0 Å². The maximum atomic E-state index is 13.5. The predicted molar refractivity (Wildman–Crippen MR) is 109 cm³/mol. The number of fused-ring (bicyclic) bond motifs is 2. The van der Waals surface area contributed by atoms with Gasteiger partial charge < -0.3 is 14.8 Å². The summed E-state index contributed by atoms with van der Waals surface area (Å²) < 4.78 is 21.1. The van der Waals surface area contributed by atoms with Gasteiger partial charge >= 0.3 is 5.97 Å². The van der Waals surface area contributed by atoms with Crippen molar-refractivity contribution in [2.45, 2.75) is 0 Å². The highest BCUT2D eigenvalue weighted by atomic mass is 19.1. The molecule has 2 N–H and O–H groups in total. The van der Waals surface area contributed by atoms with Crippen LogP contribution in [0.25, 0.3) is 33.3 Å². The van der Waals surface area contributed by atoms with Gasteiger partial charge in [0.05, 0.1) is 28.0 Å². The van der Waals surface area contributed by atoms with Crippen LogP contribution in [0, 0.1) is 5.82 Å². The van der Waals surface area contributed by atoms with Gasteiger partial charge in [-0.2, -0.15) is 5.10 Å². The van der Waals surface area contributed by atoms with Gasteiger partial charge in [-0.25, -0.2) is 9.18 Å². The lowest BCUT2D eigenvalue weighted by molar-refractivity contribution is 0.0698. The second-order valence-corrected chi connectivity index (χ2v) is 6.79. The Bertz CT molecular complexity index is 1440. The lowest BCUT2D eigenvalue weighted by Gasteiger charge is -2.06. The molecule has 3 aromatic heterocycles. The van der Waals surface area contributed by atoms with Crippen molar-refractivity contribution < 1.29 is 19.0 Å². The van der Waals surface area contributed by atoms with Gasteiger partial charge in [0.25, 0.3) is 0 Å². The maximum absolute atomic E-state index is 13.5. The number of hydrogen-bond acceptors (Lipinski definition) is 4. The number of rotatable bonds is 4. The molecule has 0 aliphatic heterocycles. The number of nitrogens with zero attached hydrogens (tertiary/aromatic N) is 3. The minimum atomic E-state index is -1.03. The number of benzene rings is 2. The third-order valence-corrected chi connectivity index (χ3v) is 4.86. The second-order valence-electron chi connectivity index (χ2n) is 6.79. The lowest BCUT2D eigenvalue weighted by atomic mass is 10.1. The first-order chi connectivity index (χ1) is 14.5. The number of pyridine rings is 1. The van der Waals surface area contributed by atoms with E-state index < -0.39 is 5.97 Å². The van der Waals surface area contributed by atoms with E-state index in [1.54, 1.807) is 36.0 Å². The highest BCUT2D eigenvalue weighted by Crippen LogP contribution is 2.36. The predicted octanol–water partition coefficient (Wildman–Crippen LogP) is 4.75. The van der Waals surface area contributed by atoms with Gasteiger partial charge in [0.1, 0.15) is 17.1 Å². The number of hydrogen-bond donors (Lipinski definition) is 2. The molecule has 0 unspecified atom stereocenters. The van der Waals surface area contributed by atoms with Crippen LogP contribution < -0.4 is 4.74 Å². The summed E-state index contributed by atoms with van der Waals surface area (Å²) in [5, 5.41) is 14.8. The summed E-state index contributed by atoms with van der Waals surface area (Å²) in [6.45, 7) is 0. The number of carboxylic acid groups (broad SMARTS) is 1. The zero-order valence-corrected chi connectivity index (χ0v) is 15.8. The molecule has 7 nitrogen and oxygen atoms in total. The Labute approximate surface area is 169 Å². The number of aryl methyl sites for hydroxylation is 1. The number of carboxylic acids is 1. The number of aromatic amines is 1. The van der Waals surface area contributed by atoms with E-state index in [1.807, 2.05) is 12.1 Å². The highest BCUT2D eigenvalue weighted by Gasteiger charge is 2.19. The Kier molecular flexibility index (Phi) is 3.99. The fourth-order valence-electron chi connectivity index (χ4n) is 3.58. The molecule has 148 valence electrons. The normalized spacial score (nSPS) is 11.3. The minimum absolute atomic E-state index is 0.146. The molecule has 0 saturated carbocycles. The first-order valence-corrected chi connectivity index (χ1v) is 9.12. The third-order valence-electron chi connectivity index (χ3n) is 4.86. The Morgan fingerprint density at radius 1 is 1.17 bits per heavy atom. The van der Waals surface area contributed by atoms with Crippen LogP contribution in [0.5, 0.6) is 11.5 Å². The topological polar surface area (TPSA) is 93.0 Å². The number of aromatic nitrogens is 4. The van der Waals surface area contributed by atoms with Crippen molar-refractivity contribution in [1.82, 2.24) is 19.7 Å². The van der Waals surface area contributed by atoms with Crippen LogP contribution in [0.1, 0.15) is 10.4 Å². The lowest BCUT2D eigenvalue weighted by Crippen LogP contribution is -1.98. The van der Waals surface area contributed by atoms with E-state index in [4.69, 9.17) is 4.74 Å². The van der Waals surface area contributed by atoms with Gasteiger partial charge in [0.15, 0.2) is 5.75 Å². The second kappa shape index (κ2) is 6.70. The van der Waals surface area contributed by atoms with Crippen LogP contribution in [-0.4, -0.2) is 30.8 Å². The fourth-order valence-corrected chi connectivity index (χ4v) is 3.58. The molecule has 5 rings (SSSR count). The molecule has 3 heterocycles.